The van der Waals surface area contributed by atoms with Gasteiger partial charge in [-0.15, -0.1) is 0 Å². The fourth-order valence-electron chi connectivity index (χ4n) is 1.39. The van der Waals surface area contributed by atoms with E-state index in [0.717, 1.165) is 11.3 Å². The molecule has 0 aliphatic heterocycles. The lowest BCUT2D eigenvalue weighted by molar-refractivity contribution is 1.15. The molecule has 0 fully saturated rings. The van der Waals surface area contributed by atoms with Crippen LogP contribution in [0.2, 0.25) is 0 Å². The Hall–Kier alpha value is -2.41. The number of nitrogens with one attached hydrogen (secondary N) is 1. The predicted octanol–water partition coefficient (Wildman–Crippen LogP) is 2.06. The maximum Gasteiger partial charge on any atom is 0.222 e. The summed E-state index contributed by atoms with van der Waals surface area (Å²) < 4.78 is 0. The van der Waals surface area contributed by atoms with Gasteiger partial charge in [-0.25, -0.2) is 9.97 Å². The molecule has 2 rings (SSSR count). The first-order chi connectivity index (χ1) is 7.83. The highest BCUT2D eigenvalue weighted by Crippen LogP contribution is 2.18. The van der Waals surface area contributed by atoms with Gasteiger partial charge in [0.05, 0.1) is 17.3 Å². The van der Waals surface area contributed by atoms with Crippen molar-refractivity contribution < 1.29 is 0 Å². The van der Waals surface area contributed by atoms with Crippen molar-refractivity contribution in [2.75, 3.05) is 12.4 Å². The number of nitriles is 1. The van der Waals surface area contributed by atoms with E-state index in [-0.39, 0.29) is 0 Å². The third-order valence-corrected chi connectivity index (χ3v) is 2.17. The second-order valence-corrected chi connectivity index (χ2v) is 3.21. The molecule has 0 bridgehead atoms. The minimum atomic E-state index is 0.569. The Kier molecular flexibility index (Phi) is 2.79. The number of nitrogens with zero attached hydrogens (tertiary/aromatic N) is 3. The molecule has 16 heavy (non-hydrogen) atoms. The van der Waals surface area contributed by atoms with Crippen molar-refractivity contribution in [1.82, 2.24) is 9.97 Å². The van der Waals surface area contributed by atoms with Crippen LogP contribution in [0, 0.1) is 11.3 Å². The molecule has 0 unspecified atom stereocenters. The topological polar surface area (TPSA) is 61.6 Å². The van der Waals surface area contributed by atoms with Gasteiger partial charge < -0.3 is 5.32 Å². The molecule has 1 aromatic carbocycles. The van der Waals surface area contributed by atoms with E-state index in [1.165, 1.54) is 0 Å². The molecular weight excluding hydrogens is 200 g/mol. The summed E-state index contributed by atoms with van der Waals surface area (Å²) in [6.07, 6.45) is 1.69. The molecule has 1 heterocycles. The van der Waals surface area contributed by atoms with Crippen LogP contribution in [0.25, 0.3) is 11.3 Å². The highest BCUT2D eigenvalue weighted by molar-refractivity contribution is 5.62. The molecule has 2 aromatic rings. The predicted molar refractivity (Wildman–Crippen MR) is 61.7 cm³/mol. The molecule has 0 aliphatic rings. The molecule has 1 aromatic heterocycles. The van der Waals surface area contributed by atoms with Crippen LogP contribution in [0.15, 0.2) is 36.5 Å². The quantitative estimate of drug-likeness (QED) is 0.824. The maximum atomic E-state index is 8.81. The summed E-state index contributed by atoms with van der Waals surface area (Å²) in [7, 11) is 1.77. The summed E-state index contributed by atoms with van der Waals surface area (Å²) in [4.78, 5) is 8.34. The SMILES string of the molecule is CNc1nccc(-c2cccc(C#N)c2)n1. The summed E-state index contributed by atoms with van der Waals surface area (Å²) >= 11 is 0. The first kappa shape index (κ1) is 10.1. The fourth-order valence-corrected chi connectivity index (χ4v) is 1.39. The van der Waals surface area contributed by atoms with Crippen LogP contribution in [0.4, 0.5) is 5.95 Å². The highest BCUT2D eigenvalue weighted by atomic mass is 15.1. The van der Waals surface area contributed by atoms with Crippen molar-refractivity contribution in [3.05, 3.63) is 42.1 Å². The van der Waals surface area contributed by atoms with Gasteiger partial charge in [0.2, 0.25) is 5.95 Å². The van der Waals surface area contributed by atoms with Crippen molar-refractivity contribution in [2.45, 2.75) is 0 Å². The Morgan fingerprint density at radius 3 is 2.94 bits per heavy atom. The lowest BCUT2D eigenvalue weighted by Gasteiger charge is -2.03. The average molecular weight is 210 g/mol. The zero-order valence-electron chi connectivity index (χ0n) is 8.81. The van der Waals surface area contributed by atoms with E-state index in [2.05, 4.69) is 21.4 Å². The van der Waals surface area contributed by atoms with Gasteiger partial charge in [-0.2, -0.15) is 5.26 Å². The molecule has 78 valence electrons. The van der Waals surface area contributed by atoms with Gasteiger partial charge in [0.15, 0.2) is 0 Å². The van der Waals surface area contributed by atoms with E-state index >= 15 is 0 Å². The molecule has 1 N–H and O–H groups in total. The minimum absolute atomic E-state index is 0.569. The zero-order chi connectivity index (χ0) is 11.4. The van der Waals surface area contributed by atoms with Crippen molar-refractivity contribution in [1.29, 1.82) is 5.26 Å². The smallest absolute Gasteiger partial charge is 0.222 e. The molecule has 4 nitrogen and oxygen atoms in total. The fraction of sp³-hybridized carbons (Fsp3) is 0.0833. The van der Waals surface area contributed by atoms with Crippen molar-refractivity contribution in [3.8, 4) is 17.3 Å². The van der Waals surface area contributed by atoms with E-state index in [0.29, 0.717) is 11.5 Å². The van der Waals surface area contributed by atoms with Crippen LogP contribution in [-0.4, -0.2) is 17.0 Å². The largest absolute Gasteiger partial charge is 0.357 e. The van der Waals surface area contributed by atoms with Crippen molar-refractivity contribution in [2.24, 2.45) is 0 Å². The Balaban J connectivity index is 2.46. The summed E-state index contributed by atoms with van der Waals surface area (Å²) in [5.74, 6) is 0.569. The number of hydrogen-bond acceptors (Lipinski definition) is 4. The number of rotatable bonds is 2. The van der Waals surface area contributed by atoms with Crippen LogP contribution in [0.3, 0.4) is 0 Å². The third-order valence-electron chi connectivity index (χ3n) is 2.17. The normalized spacial score (nSPS) is 9.50. The second kappa shape index (κ2) is 4.41. The molecule has 0 spiro atoms. The molecule has 4 heteroatoms. The van der Waals surface area contributed by atoms with Crippen LogP contribution in [0.5, 0.6) is 0 Å². The highest BCUT2D eigenvalue weighted by Gasteiger charge is 2.01. The monoisotopic (exact) mass is 210 g/mol. The first-order valence-corrected chi connectivity index (χ1v) is 4.85. The molecule has 0 saturated carbocycles. The first-order valence-electron chi connectivity index (χ1n) is 4.85. The Bertz CT molecular complexity index is 543. The van der Waals surface area contributed by atoms with Crippen molar-refractivity contribution in [3.63, 3.8) is 0 Å². The van der Waals surface area contributed by atoms with Gasteiger partial charge >= 0.3 is 0 Å². The summed E-state index contributed by atoms with van der Waals surface area (Å²) in [5.41, 5.74) is 2.34. The van der Waals surface area contributed by atoms with Gasteiger partial charge in [-0.1, -0.05) is 12.1 Å². The molecule has 0 atom stereocenters. The Morgan fingerprint density at radius 2 is 2.19 bits per heavy atom. The Labute approximate surface area is 93.6 Å². The number of anilines is 1. The van der Waals surface area contributed by atoms with Gasteiger partial charge in [-0.3, -0.25) is 0 Å². The number of hydrogen-bond donors (Lipinski definition) is 1. The second-order valence-electron chi connectivity index (χ2n) is 3.21. The van der Waals surface area contributed by atoms with E-state index in [4.69, 9.17) is 5.26 Å². The number of aromatic nitrogens is 2. The van der Waals surface area contributed by atoms with E-state index < -0.39 is 0 Å². The van der Waals surface area contributed by atoms with E-state index in [1.807, 2.05) is 24.3 Å². The van der Waals surface area contributed by atoms with Crippen LogP contribution in [-0.2, 0) is 0 Å². The van der Waals surface area contributed by atoms with Gasteiger partial charge in [0.25, 0.3) is 0 Å². The summed E-state index contributed by atoms with van der Waals surface area (Å²) in [5, 5.41) is 11.7. The van der Waals surface area contributed by atoms with E-state index in [9.17, 15) is 0 Å². The maximum absolute atomic E-state index is 8.81. The van der Waals surface area contributed by atoms with Crippen molar-refractivity contribution >= 4 is 5.95 Å². The molecule has 0 saturated heterocycles. The van der Waals surface area contributed by atoms with Gasteiger partial charge in [0.1, 0.15) is 0 Å². The lowest BCUT2D eigenvalue weighted by atomic mass is 10.1. The summed E-state index contributed by atoms with van der Waals surface area (Å²) in [6.45, 7) is 0. The van der Waals surface area contributed by atoms with Crippen LogP contribution >= 0.6 is 0 Å². The van der Waals surface area contributed by atoms with Gasteiger partial charge in [0, 0.05) is 18.8 Å². The zero-order valence-corrected chi connectivity index (χ0v) is 8.81. The molecule has 0 amide bonds. The Morgan fingerprint density at radius 1 is 1.31 bits per heavy atom. The van der Waals surface area contributed by atoms with Crippen LogP contribution < -0.4 is 5.32 Å². The molecular formula is C12H10N4. The third kappa shape index (κ3) is 1.98. The number of benzene rings is 1. The van der Waals surface area contributed by atoms with Crippen LogP contribution in [0.1, 0.15) is 5.56 Å². The lowest BCUT2D eigenvalue weighted by Crippen LogP contribution is -1.96. The van der Waals surface area contributed by atoms with E-state index in [1.54, 1.807) is 19.3 Å². The minimum Gasteiger partial charge on any atom is -0.357 e. The average Bonchev–Trinajstić information content (AvgIpc) is 2.39. The van der Waals surface area contributed by atoms with Gasteiger partial charge in [-0.05, 0) is 18.2 Å². The standard InChI is InChI=1S/C12H10N4/c1-14-12-15-6-5-11(16-12)10-4-2-3-9(7-10)8-13/h2-7H,1H3,(H,14,15,16). The molecule has 0 radical (unpaired) electrons. The summed E-state index contributed by atoms with van der Waals surface area (Å²) in [6, 6.07) is 11.3. The molecule has 0 aliphatic carbocycles.